The lowest BCUT2D eigenvalue weighted by atomic mass is 10.1. The van der Waals surface area contributed by atoms with Crippen LogP contribution in [-0.4, -0.2) is 58.0 Å². The number of carbonyl (C=O) groups excluding carboxylic acids is 1. The van der Waals surface area contributed by atoms with Crippen molar-refractivity contribution in [2.45, 2.75) is 13.1 Å². The molecule has 2 aromatic heterocycles. The van der Waals surface area contributed by atoms with E-state index in [1.165, 1.54) is 12.1 Å². The Kier molecular flexibility index (Phi) is 7.53. The van der Waals surface area contributed by atoms with Crippen molar-refractivity contribution >= 4 is 17.3 Å². The molecule has 0 saturated carbocycles. The summed E-state index contributed by atoms with van der Waals surface area (Å²) in [7, 11) is 3.67. The summed E-state index contributed by atoms with van der Waals surface area (Å²) in [6.07, 6.45) is 0.465. The number of halogens is 3. The van der Waals surface area contributed by atoms with Gasteiger partial charge in [0.15, 0.2) is 0 Å². The van der Waals surface area contributed by atoms with Gasteiger partial charge in [0, 0.05) is 48.0 Å². The number of aryl methyl sites for hydroxylation is 1. The lowest BCUT2D eigenvalue weighted by Crippen LogP contribution is -2.22. The quantitative estimate of drug-likeness (QED) is 0.352. The number of anilines is 2. The topological polar surface area (TPSA) is 88.0 Å². The number of likely N-dealkylation sites (N-methyl/N-ethyl adjacent to an activating group) is 1. The maximum atomic E-state index is 13.7. The van der Waals surface area contributed by atoms with Crippen molar-refractivity contribution in [3.05, 3.63) is 83.8 Å². The maximum Gasteiger partial charge on any atom is 0.418 e. The monoisotopic (exact) mass is 509 g/mol. The fourth-order valence-corrected chi connectivity index (χ4v) is 3.65. The van der Waals surface area contributed by atoms with Crippen LogP contribution in [0.4, 0.5) is 24.5 Å². The van der Waals surface area contributed by atoms with Gasteiger partial charge in [0.25, 0.3) is 5.91 Å². The van der Waals surface area contributed by atoms with Crippen LogP contribution in [0.3, 0.4) is 0 Å². The highest BCUT2D eigenvalue weighted by Crippen LogP contribution is 2.36. The van der Waals surface area contributed by atoms with E-state index in [9.17, 15) is 18.0 Å². The average molecular weight is 510 g/mol. The Morgan fingerprint density at radius 3 is 2.62 bits per heavy atom. The Morgan fingerprint density at radius 1 is 1.11 bits per heavy atom. The van der Waals surface area contributed by atoms with Crippen molar-refractivity contribution < 1.29 is 18.0 Å². The molecule has 11 heteroatoms. The van der Waals surface area contributed by atoms with Gasteiger partial charge in [0.1, 0.15) is 5.69 Å². The second-order valence-corrected chi connectivity index (χ2v) is 8.73. The zero-order chi connectivity index (χ0) is 26.6. The predicted molar refractivity (Wildman–Crippen MR) is 136 cm³/mol. The lowest BCUT2D eigenvalue weighted by Gasteiger charge is -2.18. The Labute approximate surface area is 212 Å². The Morgan fingerprint density at radius 2 is 1.92 bits per heavy atom. The molecule has 2 heterocycles. The van der Waals surface area contributed by atoms with Gasteiger partial charge in [0.2, 0.25) is 0 Å². The van der Waals surface area contributed by atoms with Crippen molar-refractivity contribution in [3.8, 4) is 16.9 Å². The molecule has 37 heavy (non-hydrogen) atoms. The number of carbonyl (C=O) groups is 1. The predicted octanol–water partition coefficient (Wildman–Crippen LogP) is 4.88. The minimum atomic E-state index is -4.59. The molecule has 8 nitrogen and oxygen atoms in total. The van der Waals surface area contributed by atoms with Gasteiger partial charge in [-0.05, 0) is 69.0 Å². The number of alkyl halides is 3. The smallest absolute Gasteiger partial charge is 0.383 e. The summed E-state index contributed by atoms with van der Waals surface area (Å²) in [6, 6.07) is 12.3. The SMILES string of the molecule is Cc1ccc(C(=O)Nc2ccc(NCCN(C)C)c(C(F)(F)F)c2)cc1-n1cc(-c2cccnc2)nn1. The zero-order valence-electron chi connectivity index (χ0n) is 20.5. The summed E-state index contributed by atoms with van der Waals surface area (Å²) in [5.74, 6) is -0.546. The summed E-state index contributed by atoms with van der Waals surface area (Å²) < 4.78 is 42.7. The summed E-state index contributed by atoms with van der Waals surface area (Å²) in [5.41, 5.74) is 2.28. The first-order chi connectivity index (χ1) is 17.6. The maximum absolute atomic E-state index is 13.7. The van der Waals surface area contributed by atoms with Crippen LogP contribution >= 0.6 is 0 Å². The number of rotatable bonds is 8. The second-order valence-electron chi connectivity index (χ2n) is 8.73. The number of amides is 1. The van der Waals surface area contributed by atoms with Crippen molar-refractivity contribution in [2.75, 3.05) is 37.8 Å². The molecule has 192 valence electrons. The number of aromatic nitrogens is 4. The van der Waals surface area contributed by atoms with Crippen molar-refractivity contribution in [3.63, 3.8) is 0 Å². The van der Waals surface area contributed by atoms with E-state index in [1.54, 1.807) is 47.5 Å². The molecular weight excluding hydrogens is 483 g/mol. The van der Waals surface area contributed by atoms with Crippen molar-refractivity contribution in [2.24, 2.45) is 0 Å². The molecule has 0 unspecified atom stereocenters. The van der Waals surface area contributed by atoms with E-state index >= 15 is 0 Å². The lowest BCUT2D eigenvalue weighted by molar-refractivity contribution is -0.136. The van der Waals surface area contributed by atoms with Gasteiger partial charge in [-0.1, -0.05) is 11.3 Å². The van der Waals surface area contributed by atoms with Crippen LogP contribution in [0.5, 0.6) is 0 Å². The number of hydrogen-bond acceptors (Lipinski definition) is 6. The van der Waals surface area contributed by atoms with Crippen molar-refractivity contribution in [1.29, 1.82) is 0 Å². The Bertz CT molecular complexity index is 1380. The molecule has 0 aliphatic rings. The van der Waals surface area contributed by atoms with Crippen LogP contribution < -0.4 is 10.6 Å². The van der Waals surface area contributed by atoms with E-state index in [0.717, 1.165) is 17.2 Å². The highest BCUT2D eigenvalue weighted by atomic mass is 19.4. The van der Waals surface area contributed by atoms with Crippen molar-refractivity contribution in [1.82, 2.24) is 24.9 Å². The first-order valence-corrected chi connectivity index (χ1v) is 11.5. The van der Waals surface area contributed by atoms with Crippen LogP contribution in [0.1, 0.15) is 21.5 Å². The molecule has 4 aromatic rings. The van der Waals surface area contributed by atoms with E-state index in [2.05, 4.69) is 25.9 Å². The number of nitrogens with zero attached hydrogens (tertiary/aromatic N) is 5. The molecule has 4 rings (SSSR count). The Balaban J connectivity index is 1.55. The Hall–Kier alpha value is -4.25. The van der Waals surface area contributed by atoms with Crippen LogP contribution in [0.25, 0.3) is 16.9 Å². The van der Waals surface area contributed by atoms with Gasteiger partial charge >= 0.3 is 6.18 Å². The molecule has 1 amide bonds. The van der Waals surface area contributed by atoms with Gasteiger partial charge in [0.05, 0.1) is 17.4 Å². The molecule has 0 saturated heterocycles. The second kappa shape index (κ2) is 10.8. The molecule has 2 N–H and O–H groups in total. The van der Waals surface area contributed by atoms with Crippen LogP contribution in [0, 0.1) is 6.92 Å². The highest BCUT2D eigenvalue weighted by molar-refractivity contribution is 6.04. The van der Waals surface area contributed by atoms with Crippen LogP contribution in [0.2, 0.25) is 0 Å². The van der Waals surface area contributed by atoms with Gasteiger partial charge in [-0.2, -0.15) is 13.2 Å². The number of benzene rings is 2. The van der Waals surface area contributed by atoms with E-state index in [1.807, 2.05) is 32.0 Å². The van der Waals surface area contributed by atoms with Gasteiger partial charge < -0.3 is 15.5 Å². The van der Waals surface area contributed by atoms with E-state index < -0.39 is 17.6 Å². The first kappa shape index (κ1) is 25.8. The largest absolute Gasteiger partial charge is 0.418 e. The molecule has 0 aliphatic heterocycles. The zero-order valence-corrected chi connectivity index (χ0v) is 20.5. The molecule has 0 fully saturated rings. The van der Waals surface area contributed by atoms with Gasteiger partial charge in [-0.15, -0.1) is 5.10 Å². The number of nitrogens with one attached hydrogen (secondary N) is 2. The summed E-state index contributed by atoms with van der Waals surface area (Å²) in [4.78, 5) is 18.9. The molecule has 0 atom stereocenters. The summed E-state index contributed by atoms with van der Waals surface area (Å²) in [5, 5.41) is 13.7. The number of hydrogen-bond donors (Lipinski definition) is 2. The minimum Gasteiger partial charge on any atom is -0.383 e. The van der Waals surface area contributed by atoms with Crippen LogP contribution in [0.15, 0.2) is 67.1 Å². The fourth-order valence-electron chi connectivity index (χ4n) is 3.65. The number of pyridine rings is 1. The fraction of sp³-hybridized carbons (Fsp3) is 0.231. The summed E-state index contributed by atoms with van der Waals surface area (Å²) >= 11 is 0. The van der Waals surface area contributed by atoms with Crippen LogP contribution in [-0.2, 0) is 6.18 Å². The molecular formula is C26H26F3N7O. The molecule has 0 bridgehead atoms. The van der Waals surface area contributed by atoms with E-state index in [-0.39, 0.29) is 16.9 Å². The third kappa shape index (κ3) is 6.31. The third-order valence-corrected chi connectivity index (χ3v) is 5.63. The minimum absolute atomic E-state index is 0.0391. The first-order valence-electron chi connectivity index (χ1n) is 11.5. The standard InChI is InChI=1S/C26H26F3N7O/c1-17-6-7-18(13-24(17)36-16-23(33-34-36)19-5-4-10-30-15-19)25(37)32-20-8-9-22(31-11-12-35(2)3)21(14-20)26(27,28)29/h4-10,13-16,31H,11-12H2,1-3H3,(H,32,37). The van der Waals surface area contributed by atoms with E-state index in [0.29, 0.717) is 24.5 Å². The van der Waals surface area contributed by atoms with Gasteiger partial charge in [-0.3, -0.25) is 9.78 Å². The molecule has 0 spiro atoms. The molecule has 2 aromatic carbocycles. The van der Waals surface area contributed by atoms with Gasteiger partial charge in [-0.25, -0.2) is 4.68 Å². The van der Waals surface area contributed by atoms with E-state index in [4.69, 9.17) is 0 Å². The normalized spacial score (nSPS) is 11.5. The summed E-state index contributed by atoms with van der Waals surface area (Å²) in [6.45, 7) is 2.78. The highest BCUT2D eigenvalue weighted by Gasteiger charge is 2.34. The molecule has 0 aliphatic carbocycles. The average Bonchev–Trinajstić information content (AvgIpc) is 3.35. The molecule has 0 radical (unpaired) electrons. The third-order valence-electron chi connectivity index (χ3n) is 5.63.